The van der Waals surface area contributed by atoms with Gasteiger partial charge in [0.2, 0.25) is 0 Å². The second kappa shape index (κ2) is 5.87. The van der Waals surface area contributed by atoms with Crippen LogP contribution in [-0.4, -0.2) is 20.5 Å². The zero-order valence-corrected chi connectivity index (χ0v) is 11.5. The monoisotopic (exact) mass is 304 g/mol. The summed E-state index contributed by atoms with van der Waals surface area (Å²) >= 11 is 0. The maximum Gasteiger partial charge on any atom is 0.131 e. The number of nitrogens with one attached hydrogen (secondary N) is 1. The second-order valence-electron chi connectivity index (χ2n) is 4.30. The van der Waals surface area contributed by atoms with Gasteiger partial charge in [0.15, 0.2) is 0 Å². The molecular formula is C14H10ClFN4O. The van der Waals surface area contributed by atoms with Gasteiger partial charge in [0.1, 0.15) is 16.9 Å². The van der Waals surface area contributed by atoms with E-state index in [0.717, 1.165) is 0 Å². The van der Waals surface area contributed by atoms with Crippen molar-refractivity contribution in [3.63, 3.8) is 0 Å². The van der Waals surface area contributed by atoms with Crippen molar-refractivity contribution < 1.29 is 9.50 Å². The molecule has 3 rings (SSSR count). The van der Waals surface area contributed by atoms with E-state index in [1.165, 1.54) is 12.1 Å². The van der Waals surface area contributed by atoms with Crippen molar-refractivity contribution in [2.24, 2.45) is 0 Å². The third-order valence-electron chi connectivity index (χ3n) is 3.05. The quantitative estimate of drug-likeness (QED) is 0.762. The van der Waals surface area contributed by atoms with Crippen molar-refractivity contribution in [2.75, 3.05) is 0 Å². The third kappa shape index (κ3) is 2.57. The van der Waals surface area contributed by atoms with Crippen molar-refractivity contribution in [3.8, 4) is 17.2 Å². The van der Waals surface area contributed by atoms with Crippen LogP contribution in [0.15, 0.2) is 30.3 Å². The summed E-state index contributed by atoms with van der Waals surface area (Å²) in [5.74, 6) is -0.443. The Balaban J connectivity index is 0.00000161. The minimum atomic E-state index is -0.443. The van der Waals surface area contributed by atoms with Crippen molar-refractivity contribution in [3.05, 3.63) is 47.3 Å². The number of aromatic amines is 1. The second-order valence-corrected chi connectivity index (χ2v) is 4.30. The molecule has 0 atom stereocenters. The van der Waals surface area contributed by atoms with Crippen LogP contribution in [0.4, 0.5) is 4.39 Å². The van der Waals surface area contributed by atoms with Gasteiger partial charge in [-0.3, -0.25) is 0 Å². The van der Waals surface area contributed by atoms with Gasteiger partial charge in [-0.25, -0.2) is 4.39 Å². The molecule has 2 N–H and O–H groups in total. The highest BCUT2D eigenvalue weighted by molar-refractivity contribution is 5.92. The fraction of sp³-hybridized carbons (Fsp3) is 0.0714. The Bertz CT molecular complexity index is 841. The zero-order chi connectivity index (χ0) is 14.1. The first-order valence-corrected chi connectivity index (χ1v) is 5.87. The number of nitriles is 1. The number of hydrogen-bond donors (Lipinski definition) is 2. The number of hydrogen-bond acceptors (Lipinski definition) is 4. The van der Waals surface area contributed by atoms with Crippen molar-refractivity contribution in [1.82, 2.24) is 15.4 Å². The lowest BCUT2D eigenvalue weighted by Crippen LogP contribution is -1.91. The number of aliphatic hydroxyl groups is 1. The first-order valence-electron chi connectivity index (χ1n) is 5.87. The Morgan fingerprint density at radius 2 is 2.00 bits per heavy atom. The predicted molar refractivity (Wildman–Crippen MR) is 77.2 cm³/mol. The standard InChI is InChI=1S/C14H9FN4O.ClH/c15-12-2-1-8(7-20)3-10(12)11-4-9(6-16)5-13-14(11)18-19-17-13;/h1-5,20H,7H2,(H,17,18,19);1H. The largest absolute Gasteiger partial charge is 0.392 e. The van der Waals surface area contributed by atoms with Crippen molar-refractivity contribution in [2.45, 2.75) is 6.61 Å². The van der Waals surface area contributed by atoms with Crippen molar-refractivity contribution in [1.29, 1.82) is 5.26 Å². The summed E-state index contributed by atoms with van der Waals surface area (Å²) in [5.41, 5.74) is 2.69. The van der Waals surface area contributed by atoms with Gasteiger partial charge in [-0.05, 0) is 29.8 Å². The molecule has 1 heterocycles. The molecule has 0 spiro atoms. The molecule has 0 aliphatic rings. The van der Waals surface area contributed by atoms with Gasteiger partial charge in [-0.1, -0.05) is 6.07 Å². The summed E-state index contributed by atoms with van der Waals surface area (Å²) in [7, 11) is 0. The molecule has 5 nitrogen and oxygen atoms in total. The van der Waals surface area contributed by atoms with Crippen LogP contribution in [0.2, 0.25) is 0 Å². The number of fused-ring (bicyclic) bond motifs is 1. The van der Waals surface area contributed by atoms with Crippen molar-refractivity contribution >= 4 is 23.4 Å². The van der Waals surface area contributed by atoms with Crippen LogP contribution in [0.1, 0.15) is 11.1 Å². The lowest BCUT2D eigenvalue weighted by molar-refractivity contribution is 0.282. The van der Waals surface area contributed by atoms with Crippen LogP contribution in [0, 0.1) is 17.1 Å². The number of halogens is 2. The molecule has 0 radical (unpaired) electrons. The van der Waals surface area contributed by atoms with E-state index in [4.69, 9.17) is 10.4 Å². The van der Waals surface area contributed by atoms with E-state index < -0.39 is 5.82 Å². The molecule has 21 heavy (non-hydrogen) atoms. The van der Waals surface area contributed by atoms with E-state index in [-0.39, 0.29) is 24.6 Å². The van der Waals surface area contributed by atoms with E-state index in [9.17, 15) is 4.39 Å². The SMILES string of the molecule is Cl.N#Cc1cc(-c2cc(CO)ccc2F)c2n[nH]nc2c1. The number of aliphatic hydroxyl groups excluding tert-OH is 1. The molecule has 2 aromatic carbocycles. The minimum Gasteiger partial charge on any atom is -0.392 e. The van der Waals surface area contributed by atoms with E-state index >= 15 is 0 Å². The van der Waals surface area contributed by atoms with Crippen LogP contribution >= 0.6 is 12.4 Å². The number of rotatable bonds is 2. The molecule has 0 aliphatic carbocycles. The van der Waals surface area contributed by atoms with E-state index in [2.05, 4.69) is 15.4 Å². The maximum absolute atomic E-state index is 14.0. The molecule has 0 saturated carbocycles. The molecule has 0 aliphatic heterocycles. The maximum atomic E-state index is 14.0. The average Bonchev–Trinajstić information content (AvgIpc) is 2.95. The number of H-pyrrole nitrogens is 1. The third-order valence-corrected chi connectivity index (χ3v) is 3.05. The summed E-state index contributed by atoms with van der Waals surface area (Å²) in [4.78, 5) is 0. The molecule has 0 bridgehead atoms. The molecule has 1 aromatic heterocycles. The number of benzene rings is 2. The van der Waals surface area contributed by atoms with Gasteiger partial charge in [-0.15, -0.1) is 12.4 Å². The zero-order valence-electron chi connectivity index (χ0n) is 10.7. The van der Waals surface area contributed by atoms with Gasteiger partial charge < -0.3 is 5.11 Å². The van der Waals surface area contributed by atoms with Gasteiger partial charge in [0.05, 0.1) is 18.2 Å². The fourth-order valence-electron chi connectivity index (χ4n) is 2.10. The van der Waals surface area contributed by atoms with Crippen LogP contribution in [-0.2, 0) is 6.61 Å². The number of nitrogens with zero attached hydrogens (tertiary/aromatic N) is 3. The predicted octanol–water partition coefficient (Wildman–Crippen LogP) is 2.55. The Labute approximate surface area is 125 Å². The Hall–Kier alpha value is -2.49. The summed E-state index contributed by atoms with van der Waals surface area (Å²) in [6, 6.07) is 9.49. The van der Waals surface area contributed by atoms with Gasteiger partial charge in [0, 0.05) is 11.1 Å². The summed E-state index contributed by atoms with van der Waals surface area (Å²) < 4.78 is 14.0. The molecule has 106 valence electrons. The first-order chi connectivity index (χ1) is 9.72. The molecule has 7 heteroatoms. The van der Waals surface area contributed by atoms with Gasteiger partial charge in [-0.2, -0.15) is 20.7 Å². The first kappa shape index (κ1) is 14.9. The molecule has 0 saturated heterocycles. The number of aromatic nitrogens is 3. The van der Waals surface area contributed by atoms with Crippen LogP contribution in [0.5, 0.6) is 0 Å². The smallest absolute Gasteiger partial charge is 0.131 e. The van der Waals surface area contributed by atoms with Crippen LogP contribution < -0.4 is 0 Å². The Morgan fingerprint density at radius 1 is 1.19 bits per heavy atom. The molecule has 0 amide bonds. The Morgan fingerprint density at radius 3 is 2.71 bits per heavy atom. The summed E-state index contributed by atoms with van der Waals surface area (Å²) in [5, 5.41) is 28.6. The molecular weight excluding hydrogens is 295 g/mol. The normalized spacial score (nSPS) is 10.1. The van der Waals surface area contributed by atoms with E-state index in [0.29, 0.717) is 27.7 Å². The summed E-state index contributed by atoms with van der Waals surface area (Å²) in [6.07, 6.45) is 0. The highest BCUT2D eigenvalue weighted by Crippen LogP contribution is 2.30. The van der Waals surface area contributed by atoms with E-state index in [1.54, 1.807) is 18.2 Å². The van der Waals surface area contributed by atoms with E-state index in [1.807, 2.05) is 6.07 Å². The lowest BCUT2D eigenvalue weighted by atomic mass is 9.99. The highest BCUT2D eigenvalue weighted by atomic mass is 35.5. The molecule has 0 fully saturated rings. The highest BCUT2D eigenvalue weighted by Gasteiger charge is 2.14. The van der Waals surface area contributed by atoms with Crippen LogP contribution in [0.3, 0.4) is 0 Å². The Kier molecular flexibility index (Phi) is 4.17. The average molecular weight is 305 g/mol. The molecule has 3 aromatic rings. The minimum absolute atomic E-state index is 0. The topological polar surface area (TPSA) is 85.6 Å². The molecule has 0 unspecified atom stereocenters. The van der Waals surface area contributed by atoms with Crippen LogP contribution in [0.25, 0.3) is 22.2 Å². The lowest BCUT2D eigenvalue weighted by Gasteiger charge is -2.06. The summed E-state index contributed by atoms with van der Waals surface area (Å²) in [6.45, 7) is -0.187. The van der Waals surface area contributed by atoms with Gasteiger partial charge in [0.25, 0.3) is 0 Å². The fourth-order valence-corrected chi connectivity index (χ4v) is 2.10. The van der Waals surface area contributed by atoms with Gasteiger partial charge >= 0.3 is 0 Å².